The maximum absolute atomic E-state index is 11.5. The molecule has 1 aliphatic rings. The summed E-state index contributed by atoms with van der Waals surface area (Å²) < 4.78 is 36.9. The Morgan fingerprint density at radius 3 is 2.52 bits per heavy atom. The molecule has 0 unspecified atom stereocenters. The Kier molecular flexibility index (Phi) is 3.85. The maximum Gasteiger partial charge on any atom is 0.211 e. The molecule has 1 saturated heterocycles. The zero-order chi connectivity index (χ0) is 15.2. The number of piperazine rings is 1. The first-order valence-corrected chi connectivity index (χ1v) is 9.32. The summed E-state index contributed by atoms with van der Waals surface area (Å²) in [5, 5.41) is 0. The largest absolute Gasteiger partial charge is 0.458 e. The summed E-state index contributed by atoms with van der Waals surface area (Å²) in [6.07, 6.45) is 2.76. The molecule has 6 nitrogen and oxygen atoms in total. The fraction of sp³-hybridized carbons (Fsp3) is 0.417. The number of fused-ring (bicyclic) bond motifs is 1. The number of hydrogen-bond acceptors (Lipinski definition) is 6. The number of hydrogen-bond donors (Lipinski definition) is 0. The third-order valence-electron chi connectivity index (χ3n) is 3.41. The summed E-state index contributed by atoms with van der Waals surface area (Å²) >= 11 is 8.65. The van der Waals surface area contributed by atoms with E-state index in [1.54, 1.807) is 6.07 Å². The first-order chi connectivity index (χ1) is 9.86. The molecular weight excluding hydrogens is 380 g/mol. The predicted octanol–water partition coefficient (Wildman–Crippen LogP) is 2.60. The summed E-state index contributed by atoms with van der Waals surface area (Å²) in [4.78, 5) is 1.98. The molecule has 0 radical (unpaired) electrons. The van der Waals surface area contributed by atoms with E-state index in [1.807, 2.05) is 4.90 Å². The minimum atomic E-state index is -3.14. The van der Waals surface area contributed by atoms with Gasteiger partial charge in [0, 0.05) is 32.2 Å². The molecule has 21 heavy (non-hydrogen) atoms. The van der Waals surface area contributed by atoms with E-state index in [4.69, 9.17) is 21.1 Å². The highest BCUT2D eigenvalue weighted by Gasteiger charge is 2.25. The Labute approximate surface area is 135 Å². The van der Waals surface area contributed by atoms with Gasteiger partial charge in [-0.2, -0.15) is 4.31 Å². The van der Waals surface area contributed by atoms with Crippen molar-refractivity contribution in [3.05, 3.63) is 21.3 Å². The van der Waals surface area contributed by atoms with Gasteiger partial charge in [0.2, 0.25) is 10.0 Å². The molecule has 2 aromatic rings. The second-order valence-corrected chi connectivity index (χ2v) is 8.12. The van der Waals surface area contributed by atoms with E-state index in [-0.39, 0.29) is 0 Å². The van der Waals surface area contributed by atoms with Crippen LogP contribution in [0.2, 0.25) is 0 Å². The van der Waals surface area contributed by atoms with Crippen molar-refractivity contribution >= 4 is 55.2 Å². The van der Waals surface area contributed by atoms with Gasteiger partial charge in [0.25, 0.3) is 0 Å². The van der Waals surface area contributed by atoms with E-state index in [1.165, 1.54) is 16.8 Å². The summed E-state index contributed by atoms with van der Waals surface area (Å²) in [6, 6.07) is 1.74. The van der Waals surface area contributed by atoms with Crippen molar-refractivity contribution in [2.45, 2.75) is 0 Å². The second kappa shape index (κ2) is 5.38. The fourth-order valence-electron chi connectivity index (χ4n) is 2.30. The lowest BCUT2D eigenvalue weighted by Gasteiger charge is -2.33. The second-order valence-electron chi connectivity index (χ2n) is 4.84. The predicted molar refractivity (Wildman–Crippen MR) is 85.6 cm³/mol. The molecular formula is C12H13BrN2O4S2. The number of sulfonamides is 1. The first-order valence-electron chi connectivity index (χ1n) is 6.27. The first kappa shape index (κ1) is 15.0. The van der Waals surface area contributed by atoms with Gasteiger partial charge in [-0.05, 0) is 15.9 Å². The van der Waals surface area contributed by atoms with Gasteiger partial charge < -0.3 is 13.7 Å². The molecule has 3 rings (SSSR count). The minimum Gasteiger partial charge on any atom is -0.458 e. The molecule has 0 spiro atoms. The quantitative estimate of drug-likeness (QED) is 0.731. The van der Waals surface area contributed by atoms with E-state index in [0.29, 0.717) is 52.2 Å². The monoisotopic (exact) mass is 392 g/mol. The molecule has 114 valence electrons. The van der Waals surface area contributed by atoms with E-state index in [0.717, 1.165) is 0 Å². The van der Waals surface area contributed by atoms with Gasteiger partial charge in [-0.25, -0.2) is 8.42 Å². The van der Waals surface area contributed by atoms with E-state index in [9.17, 15) is 8.42 Å². The van der Waals surface area contributed by atoms with Gasteiger partial charge in [-0.1, -0.05) is 12.2 Å². The van der Waals surface area contributed by atoms with Crippen LogP contribution in [-0.4, -0.2) is 45.2 Å². The van der Waals surface area contributed by atoms with Crippen LogP contribution in [0.3, 0.4) is 0 Å². The van der Waals surface area contributed by atoms with Crippen molar-refractivity contribution in [1.82, 2.24) is 4.31 Å². The number of nitrogens with zero attached hydrogens (tertiary/aromatic N) is 2. The molecule has 3 heterocycles. The van der Waals surface area contributed by atoms with Crippen LogP contribution in [0, 0.1) is 4.51 Å². The van der Waals surface area contributed by atoms with Crippen molar-refractivity contribution in [2.24, 2.45) is 0 Å². The van der Waals surface area contributed by atoms with Crippen molar-refractivity contribution in [3.8, 4) is 0 Å². The average molecular weight is 393 g/mol. The Balaban J connectivity index is 1.89. The lowest BCUT2D eigenvalue weighted by molar-refractivity contribution is 0.377. The Bertz CT molecular complexity index is 835. The normalized spacial score (nSPS) is 17.5. The summed E-state index contributed by atoms with van der Waals surface area (Å²) in [7, 11) is -3.14. The standard InChI is InChI=1S/C12H13BrN2O4S2/c1-21(16,17)15-4-2-14(3-5-15)10-6-9(20)12-11(19-10)8(13)7-18-12/h6-7H,2-5H2,1H3. The van der Waals surface area contributed by atoms with Gasteiger partial charge in [0.15, 0.2) is 17.1 Å². The van der Waals surface area contributed by atoms with Crippen molar-refractivity contribution < 1.29 is 17.3 Å². The summed E-state index contributed by atoms with van der Waals surface area (Å²) in [5.41, 5.74) is 1.11. The average Bonchev–Trinajstić information content (AvgIpc) is 2.80. The molecule has 1 aliphatic heterocycles. The highest BCUT2D eigenvalue weighted by molar-refractivity contribution is 9.10. The molecule has 0 aliphatic carbocycles. The molecule has 0 bridgehead atoms. The molecule has 0 N–H and O–H groups in total. The van der Waals surface area contributed by atoms with Gasteiger partial charge >= 0.3 is 0 Å². The number of anilines is 1. The van der Waals surface area contributed by atoms with Crippen LogP contribution in [0.15, 0.2) is 25.6 Å². The highest BCUT2D eigenvalue weighted by atomic mass is 79.9. The van der Waals surface area contributed by atoms with E-state index in [2.05, 4.69) is 15.9 Å². The van der Waals surface area contributed by atoms with Gasteiger partial charge in [0.1, 0.15) is 6.26 Å². The van der Waals surface area contributed by atoms with Crippen LogP contribution in [0.5, 0.6) is 0 Å². The van der Waals surface area contributed by atoms with Crippen molar-refractivity contribution in [1.29, 1.82) is 0 Å². The van der Waals surface area contributed by atoms with Gasteiger partial charge in [-0.3, -0.25) is 0 Å². The number of halogens is 1. The molecule has 0 saturated carbocycles. The maximum atomic E-state index is 11.5. The van der Waals surface area contributed by atoms with Crippen LogP contribution >= 0.6 is 28.1 Å². The van der Waals surface area contributed by atoms with E-state index < -0.39 is 10.0 Å². The van der Waals surface area contributed by atoms with Crippen LogP contribution < -0.4 is 4.90 Å². The zero-order valence-corrected chi connectivity index (χ0v) is 14.4. The van der Waals surface area contributed by atoms with Crippen LogP contribution in [0.1, 0.15) is 0 Å². The fourth-order valence-corrected chi connectivity index (χ4v) is 3.72. The molecule has 2 aromatic heterocycles. The molecule has 9 heteroatoms. The SMILES string of the molecule is CS(=O)(=O)N1CCN(c2cc(=S)c3occ(Br)c3o2)CC1. The molecule has 1 fully saturated rings. The topological polar surface area (TPSA) is 66.9 Å². The lowest BCUT2D eigenvalue weighted by atomic mass is 10.3. The molecule has 0 aromatic carbocycles. The third-order valence-corrected chi connectivity index (χ3v) is 5.56. The lowest BCUT2D eigenvalue weighted by Crippen LogP contribution is -2.48. The Hall–Kier alpha value is -0.900. The van der Waals surface area contributed by atoms with Gasteiger partial charge in [-0.15, -0.1) is 0 Å². The zero-order valence-electron chi connectivity index (χ0n) is 11.2. The molecule has 0 amide bonds. The third kappa shape index (κ3) is 2.87. The molecule has 0 atom stereocenters. The number of furan rings is 1. The van der Waals surface area contributed by atoms with E-state index >= 15 is 0 Å². The van der Waals surface area contributed by atoms with Crippen LogP contribution in [0.25, 0.3) is 11.2 Å². The summed E-state index contributed by atoms with van der Waals surface area (Å²) in [6.45, 7) is 2.00. The van der Waals surface area contributed by atoms with Crippen molar-refractivity contribution in [3.63, 3.8) is 0 Å². The number of rotatable bonds is 2. The van der Waals surface area contributed by atoms with Crippen molar-refractivity contribution in [2.75, 3.05) is 37.3 Å². The minimum absolute atomic E-state index is 0.436. The van der Waals surface area contributed by atoms with Crippen LogP contribution in [0.4, 0.5) is 5.88 Å². The summed E-state index contributed by atoms with van der Waals surface area (Å²) in [5.74, 6) is 0.628. The Morgan fingerprint density at radius 1 is 1.24 bits per heavy atom. The highest BCUT2D eigenvalue weighted by Crippen LogP contribution is 2.31. The van der Waals surface area contributed by atoms with Gasteiger partial charge in [0.05, 0.1) is 15.2 Å². The Morgan fingerprint density at radius 2 is 1.90 bits per heavy atom. The van der Waals surface area contributed by atoms with Crippen LogP contribution in [-0.2, 0) is 10.0 Å². The smallest absolute Gasteiger partial charge is 0.211 e.